The van der Waals surface area contributed by atoms with Gasteiger partial charge in [0.25, 0.3) is 0 Å². The molecule has 1 aromatic carbocycles. The molecule has 0 saturated heterocycles. The molecule has 0 unspecified atom stereocenters. The Kier molecular flexibility index (Phi) is 3.31. The first-order valence-electron chi connectivity index (χ1n) is 3.69. The highest BCUT2D eigenvalue weighted by molar-refractivity contribution is 7.86. The van der Waals surface area contributed by atoms with Crippen LogP contribution in [0.3, 0.4) is 0 Å². The van der Waals surface area contributed by atoms with E-state index in [-0.39, 0.29) is 10.6 Å². The minimum atomic E-state index is -4.87. The van der Waals surface area contributed by atoms with Crippen molar-refractivity contribution in [1.82, 2.24) is 0 Å². The molecule has 1 aromatic rings. The lowest BCUT2D eigenvalue weighted by molar-refractivity contribution is 0.0600. The van der Waals surface area contributed by atoms with Crippen molar-refractivity contribution in [2.75, 3.05) is 7.11 Å². The van der Waals surface area contributed by atoms with Gasteiger partial charge in [-0.15, -0.1) is 3.89 Å². The van der Waals surface area contributed by atoms with Gasteiger partial charge in [-0.25, -0.2) is 4.79 Å². The van der Waals surface area contributed by atoms with E-state index in [1.807, 2.05) is 0 Å². The number of hydrogen-bond acceptors (Lipinski definition) is 4. The number of methoxy groups -OCH3 is 1. The minimum Gasteiger partial charge on any atom is -0.465 e. The summed E-state index contributed by atoms with van der Waals surface area (Å²) in [6.45, 7) is 0. The lowest BCUT2D eigenvalue weighted by Crippen LogP contribution is -2.02. The van der Waals surface area contributed by atoms with Gasteiger partial charge in [0.2, 0.25) is 0 Å². The third-order valence-electron chi connectivity index (χ3n) is 1.62. The van der Waals surface area contributed by atoms with Gasteiger partial charge in [0.05, 0.1) is 17.7 Å². The molecule has 0 aromatic heterocycles. The number of esters is 1. The number of benzene rings is 1. The summed E-state index contributed by atoms with van der Waals surface area (Å²) in [7, 11) is -3.70. The van der Waals surface area contributed by atoms with Gasteiger partial charge in [-0.2, -0.15) is 8.42 Å². The summed E-state index contributed by atoms with van der Waals surface area (Å²) in [6, 6.07) is 3.05. The molecule has 0 spiro atoms. The second-order valence-electron chi connectivity index (χ2n) is 2.57. The van der Waals surface area contributed by atoms with E-state index in [0.29, 0.717) is 0 Å². The maximum atomic E-state index is 12.6. The van der Waals surface area contributed by atoms with Crippen molar-refractivity contribution in [3.63, 3.8) is 0 Å². The number of carbonyl (C=O) groups is 1. The van der Waals surface area contributed by atoms with Crippen molar-refractivity contribution in [2.24, 2.45) is 0 Å². The molecule has 0 aliphatic heterocycles. The van der Waals surface area contributed by atoms with Crippen molar-refractivity contribution in [3.05, 3.63) is 28.8 Å². The zero-order valence-electron chi connectivity index (χ0n) is 7.53. The first-order valence-corrected chi connectivity index (χ1v) is 5.45. The Balaban J connectivity index is 3.27. The average molecular weight is 253 g/mol. The second-order valence-corrected chi connectivity index (χ2v) is 4.30. The molecule has 0 fully saturated rings. The van der Waals surface area contributed by atoms with Gasteiger partial charge < -0.3 is 4.74 Å². The fourth-order valence-electron chi connectivity index (χ4n) is 0.943. The van der Waals surface area contributed by atoms with E-state index in [2.05, 4.69) is 4.74 Å². The Bertz CT molecular complexity index is 497. The Hall–Kier alpha value is -1.14. The van der Waals surface area contributed by atoms with Crippen molar-refractivity contribution < 1.29 is 21.8 Å². The van der Waals surface area contributed by atoms with Crippen LogP contribution in [0.4, 0.5) is 3.89 Å². The van der Waals surface area contributed by atoms with Crippen LogP contribution in [0, 0.1) is 0 Å². The molecule has 0 aliphatic rings. The smallest absolute Gasteiger partial charge is 0.337 e. The van der Waals surface area contributed by atoms with Crippen molar-refractivity contribution in [2.45, 2.75) is 4.90 Å². The Morgan fingerprint density at radius 3 is 2.47 bits per heavy atom. The Morgan fingerprint density at radius 2 is 2.07 bits per heavy atom. The quantitative estimate of drug-likeness (QED) is 0.595. The summed E-state index contributed by atoms with van der Waals surface area (Å²) in [5.41, 5.74) is 0.0508. The maximum absolute atomic E-state index is 12.6. The summed E-state index contributed by atoms with van der Waals surface area (Å²) in [5.74, 6) is -0.681. The number of halogens is 2. The van der Waals surface area contributed by atoms with Crippen molar-refractivity contribution in [1.29, 1.82) is 0 Å². The SMILES string of the molecule is COC(=O)c1ccc(S(=O)(=O)F)c(Cl)c1. The third kappa shape index (κ3) is 2.66. The van der Waals surface area contributed by atoms with Gasteiger partial charge in [-0.05, 0) is 18.2 Å². The minimum absolute atomic E-state index is 0.0508. The fourth-order valence-corrected chi connectivity index (χ4v) is 1.92. The molecule has 0 N–H and O–H groups in total. The van der Waals surface area contributed by atoms with Gasteiger partial charge >= 0.3 is 16.2 Å². The highest BCUT2D eigenvalue weighted by Crippen LogP contribution is 2.24. The Morgan fingerprint density at radius 1 is 1.47 bits per heavy atom. The molecular weight excluding hydrogens is 247 g/mol. The molecule has 15 heavy (non-hydrogen) atoms. The van der Waals surface area contributed by atoms with Crippen molar-refractivity contribution >= 4 is 27.8 Å². The van der Waals surface area contributed by atoms with E-state index >= 15 is 0 Å². The molecule has 0 bridgehead atoms. The topological polar surface area (TPSA) is 60.4 Å². The zero-order chi connectivity index (χ0) is 11.6. The molecule has 0 saturated carbocycles. The van der Waals surface area contributed by atoms with E-state index in [0.717, 1.165) is 25.3 Å². The Labute approximate surface area is 90.8 Å². The number of rotatable bonds is 2. The predicted molar refractivity (Wildman–Crippen MR) is 51.1 cm³/mol. The molecule has 1 rings (SSSR count). The molecule has 0 atom stereocenters. The maximum Gasteiger partial charge on any atom is 0.337 e. The monoisotopic (exact) mass is 252 g/mol. The molecule has 0 radical (unpaired) electrons. The molecular formula is C8H6ClFO4S. The van der Waals surface area contributed by atoms with Crippen LogP contribution >= 0.6 is 11.6 Å². The highest BCUT2D eigenvalue weighted by Gasteiger charge is 2.18. The number of carbonyl (C=O) groups excluding carboxylic acids is 1. The number of ether oxygens (including phenoxy) is 1. The first-order chi connectivity index (χ1) is 6.86. The van der Waals surface area contributed by atoms with Crippen LogP contribution < -0.4 is 0 Å². The van der Waals surface area contributed by atoms with E-state index in [9.17, 15) is 17.1 Å². The van der Waals surface area contributed by atoms with Gasteiger partial charge in [0, 0.05) is 0 Å². The summed E-state index contributed by atoms with van der Waals surface area (Å²) in [5, 5.41) is -0.361. The third-order valence-corrected chi connectivity index (χ3v) is 2.92. The zero-order valence-corrected chi connectivity index (χ0v) is 9.10. The lowest BCUT2D eigenvalue weighted by atomic mass is 10.2. The normalized spacial score (nSPS) is 11.1. The van der Waals surface area contributed by atoms with Gasteiger partial charge in [-0.1, -0.05) is 11.6 Å². The summed E-state index contributed by atoms with van der Waals surface area (Å²) in [6.07, 6.45) is 0. The van der Waals surface area contributed by atoms with E-state index in [1.165, 1.54) is 0 Å². The van der Waals surface area contributed by atoms with Gasteiger partial charge in [0.1, 0.15) is 4.90 Å². The van der Waals surface area contributed by atoms with Crippen LogP contribution in [0.1, 0.15) is 10.4 Å². The average Bonchev–Trinajstić information content (AvgIpc) is 2.14. The lowest BCUT2D eigenvalue weighted by Gasteiger charge is -2.02. The van der Waals surface area contributed by atoms with Crippen molar-refractivity contribution in [3.8, 4) is 0 Å². The highest BCUT2D eigenvalue weighted by atomic mass is 35.5. The summed E-state index contributed by atoms with van der Waals surface area (Å²) in [4.78, 5) is 10.3. The van der Waals surface area contributed by atoms with Crippen LogP contribution in [0.15, 0.2) is 23.1 Å². The summed E-state index contributed by atoms with van der Waals surface area (Å²) >= 11 is 5.49. The molecule has 0 amide bonds. The predicted octanol–water partition coefficient (Wildman–Crippen LogP) is 1.78. The first kappa shape index (κ1) is 11.9. The van der Waals surface area contributed by atoms with Crippen LogP contribution in [-0.4, -0.2) is 21.5 Å². The second kappa shape index (κ2) is 4.16. The van der Waals surface area contributed by atoms with E-state index in [4.69, 9.17) is 11.6 Å². The van der Waals surface area contributed by atoms with E-state index in [1.54, 1.807) is 0 Å². The molecule has 82 valence electrons. The molecule has 4 nitrogen and oxygen atoms in total. The van der Waals surface area contributed by atoms with E-state index < -0.39 is 21.1 Å². The van der Waals surface area contributed by atoms with Gasteiger partial charge in [-0.3, -0.25) is 0 Å². The van der Waals surface area contributed by atoms with Crippen LogP contribution in [-0.2, 0) is 15.0 Å². The van der Waals surface area contributed by atoms with Crippen LogP contribution in [0.2, 0.25) is 5.02 Å². The largest absolute Gasteiger partial charge is 0.465 e. The molecule has 0 heterocycles. The fraction of sp³-hybridized carbons (Fsp3) is 0.125. The van der Waals surface area contributed by atoms with Crippen LogP contribution in [0.25, 0.3) is 0 Å². The van der Waals surface area contributed by atoms with Gasteiger partial charge in [0.15, 0.2) is 0 Å². The molecule has 7 heteroatoms. The van der Waals surface area contributed by atoms with Crippen LogP contribution in [0.5, 0.6) is 0 Å². The summed E-state index contributed by atoms with van der Waals surface area (Å²) < 4.78 is 38.0. The number of hydrogen-bond donors (Lipinski definition) is 0. The standard InChI is InChI=1S/C8H6ClFO4S/c1-14-8(11)5-2-3-7(6(9)4-5)15(10,12)13/h2-4H,1H3. The molecule has 0 aliphatic carbocycles.